The summed E-state index contributed by atoms with van der Waals surface area (Å²) in [6.45, 7) is 0. The molecule has 0 saturated carbocycles. The van der Waals surface area contributed by atoms with Crippen LogP contribution in [0.4, 0.5) is 5.69 Å². The molecule has 0 aliphatic carbocycles. The molecule has 0 atom stereocenters. The normalized spacial score (nSPS) is 10.5. The van der Waals surface area contributed by atoms with Crippen LogP contribution < -0.4 is 11.5 Å². The van der Waals surface area contributed by atoms with Gasteiger partial charge in [-0.2, -0.15) is 5.10 Å². The van der Waals surface area contributed by atoms with E-state index < -0.39 is 5.91 Å². The van der Waals surface area contributed by atoms with E-state index in [1.807, 2.05) is 36.5 Å². The zero-order valence-electron chi connectivity index (χ0n) is 11.2. The van der Waals surface area contributed by atoms with Crippen molar-refractivity contribution in [2.45, 2.75) is 0 Å². The smallest absolute Gasteiger partial charge is 0.250 e. The molecular formula is C16H14N4O. The van der Waals surface area contributed by atoms with Crippen LogP contribution in [0.25, 0.3) is 16.8 Å². The van der Waals surface area contributed by atoms with Crippen molar-refractivity contribution < 1.29 is 4.79 Å². The van der Waals surface area contributed by atoms with Crippen LogP contribution in [-0.2, 0) is 0 Å². The summed E-state index contributed by atoms with van der Waals surface area (Å²) in [5, 5.41) is 4.30. The van der Waals surface area contributed by atoms with Gasteiger partial charge in [0.25, 0.3) is 5.91 Å². The summed E-state index contributed by atoms with van der Waals surface area (Å²) >= 11 is 0. The van der Waals surface area contributed by atoms with Crippen LogP contribution in [0.1, 0.15) is 10.4 Å². The first kappa shape index (κ1) is 12.9. The van der Waals surface area contributed by atoms with Crippen molar-refractivity contribution in [1.29, 1.82) is 0 Å². The topological polar surface area (TPSA) is 86.9 Å². The number of rotatable bonds is 3. The molecule has 0 radical (unpaired) electrons. The van der Waals surface area contributed by atoms with Gasteiger partial charge in [-0.1, -0.05) is 30.3 Å². The lowest BCUT2D eigenvalue weighted by Gasteiger charge is -2.06. The summed E-state index contributed by atoms with van der Waals surface area (Å²) in [6.07, 6.45) is 3.54. The molecule has 0 bridgehead atoms. The van der Waals surface area contributed by atoms with Crippen LogP contribution in [-0.4, -0.2) is 15.7 Å². The van der Waals surface area contributed by atoms with Gasteiger partial charge in [-0.25, -0.2) is 4.68 Å². The van der Waals surface area contributed by atoms with E-state index in [-0.39, 0.29) is 0 Å². The Kier molecular flexibility index (Phi) is 3.16. The molecule has 0 aliphatic heterocycles. The summed E-state index contributed by atoms with van der Waals surface area (Å²) in [7, 11) is 0. The van der Waals surface area contributed by atoms with E-state index in [2.05, 4.69) is 5.10 Å². The maximum atomic E-state index is 11.5. The Hall–Kier alpha value is -3.08. The van der Waals surface area contributed by atoms with Gasteiger partial charge in [-0.15, -0.1) is 0 Å². The number of anilines is 1. The minimum absolute atomic E-state index is 0.424. The molecule has 5 heteroatoms. The van der Waals surface area contributed by atoms with E-state index in [1.54, 1.807) is 29.1 Å². The molecule has 0 saturated heterocycles. The summed E-state index contributed by atoms with van der Waals surface area (Å²) in [6, 6.07) is 14.6. The Morgan fingerprint density at radius 2 is 1.76 bits per heavy atom. The monoisotopic (exact) mass is 278 g/mol. The Balaban J connectivity index is 2.08. The fourth-order valence-electron chi connectivity index (χ4n) is 2.24. The lowest BCUT2D eigenvalue weighted by atomic mass is 10.1. The highest BCUT2D eigenvalue weighted by Crippen LogP contribution is 2.26. The van der Waals surface area contributed by atoms with Crippen molar-refractivity contribution in [3.8, 4) is 16.8 Å². The Bertz CT molecular complexity index is 807. The highest BCUT2D eigenvalue weighted by Gasteiger charge is 2.11. The van der Waals surface area contributed by atoms with Crippen molar-refractivity contribution in [2.24, 2.45) is 5.73 Å². The van der Waals surface area contributed by atoms with Crippen LogP contribution in [0, 0.1) is 0 Å². The predicted molar refractivity (Wildman–Crippen MR) is 81.9 cm³/mol. The van der Waals surface area contributed by atoms with E-state index in [9.17, 15) is 4.79 Å². The second kappa shape index (κ2) is 5.13. The van der Waals surface area contributed by atoms with Crippen LogP contribution in [0.2, 0.25) is 0 Å². The van der Waals surface area contributed by atoms with E-state index >= 15 is 0 Å². The molecule has 0 fully saturated rings. The maximum Gasteiger partial charge on any atom is 0.250 e. The second-order valence-corrected chi connectivity index (χ2v) is 4.64. The van der Waals surface area contributed by atoms with Gasteiger partial charge in [-0.3, -0.25) is 4.79 Å². The molecule has 3 rings (SSSR count). The number of amides is 1. The number of hydrogen-bond donors (Lipinski definition) is 2. The zero-order chi connectivity index (χ0) is 14.8. The van der Waals surface area contributed by atoms with Gasteiger partial charge >= 0.3 is 0 Å². The van der Waals surface area contributed by atoms with Crippen molar-refractivity contribution >= 4 is 11.6 Å². The number of benzene rings is 2. The maximum absolute atomic E-state index is 11.5. The Morgan fingerprint density at radius 1 is 1.05 bits per heavy atom. The number of para-hydroxylation sites is 2. The first-order valence-electron chi connectivity index (χ1n) is 6.45. The number of aromatic nitrogens is 2. The number of nitrogens with zero attached hydrogens (tertiary/aromatic N) is 2. The van der Waals surface area contributed by atoms with Gasteiger partial charge in [0, 0.05) is 23.0 Å². The Labute approximate surface area is 121 Å². The predicted octanol–water partition coefficient (Wildman–Crippen LogP) is 2.22. The number of nitrogen functional groups attached to an aromatic ring is 1. The third-order valence-electron chi connectivity index (χ3n) is 3.27. The van der Waals surface area contributed by atoms with Gasteiger partial charge in [0.2, 0.25) is 0 Å². The molecule has 0 unspecified atom stereocenters. The lowest BCUT2D eigenvalue weighted by molar-refractivity contribution is 0.1000. The molecule has 0 spiro atoms. The lowest BCUT2D eigenvalue weighted by Crippen LogP contribution is -2.14. The molecule has 1 heterocycles. The SMILES string of the molecule is NC(=O)c1ccccc1-n1cc(-c2ccccc2N)cn1. The van der Waals surface area contributed by atoms with Crippen molar-refractivity contribution in [3.05, 3.63) is 66.5 Å². The van der Waals surface area contributed by atoms with Crippen LogP contribution in [0.5, 0.6) is 0 Å². The molecular weight excluding hydrogens is 264 g/mol. The molecule has 3 aromatic rings. The van der Waals surface area contributed by atoms with Crippen LogP contribution >= 0.6 is 0 Å². The molecule has 2 aromatic carbocycles. The first-order chi connectivity index (χ1) is 10.2. The van der Waals surface area contributed by atoms with E-state index in [0.29, 0.717) is 16.9 Å². The number of nitrogens with two attached hydrogens (primary N) is 2. The third kappa shape index (κ3) is 2.36. The van der Waals surface area contributed by atoms with E-state index in [0.717, 1.165) is 11.1 Å². The third-order valence-corrected chi connectivity index (χ3v) is 3.27. The molecule has 104 valence electrons. The van der Waals surface area contributed by atoms with Gasteiger partial charge < -0.3 is 11.5 Å². The highest BCUT2D eigenvalue weighted by atomic mass is 16.1. The summed E-state index contributed by atoms with van der Waals surface area (Å²) < 4.78 is 1.63. The van der Waals surface area contributed by atoms with Crippen molar-refractivity contribution in [2.75, 3.05) is 5.73 Å². The highest BCUT2D eigenvalue weighted by molar-refractivity contribution is 5.96. The summed E-state index contributed by atoms with van der Waals surface area (Å²) in [5.41, 5.74) is 14.9. The number of primary amides is 1. The minimum Gasteiger partial charge on any atom is -0.398 e. The fraction of sp³-hybridized carbons (Fsp3) is 0. The van der Waals surface area contributed by atoms with Gasteiger partial charge in [-0.05, 0) is 18.2 Å². The first-order valence-corrected chi connectivity index (χ1v) is 6.45. The molecule has 0 aliphatic rings. The number of carbonyl (C=O) groups is 1. The largest absolute Gasteiger partial charge is 0.398 e. The molecule has 1 aromatic heterocycles. The summed E-state index contributed by atoms with van der Waals surface area (Å²) in [4.78, 5) is 11.5. The minimum atomic E-state index is -0.484. The van der Waals surface area contributed by atoms with Gasteiger partial charge in [0.15, 0.2) is 0 Å². The fourth-order valence-corrected chi connectivity index (χ4v) is 2.24. The standard InChI is InChI=1S/C16H14N4O/c17-14-7-3-1-5-12(14)11-9-19-20(10-11)15-8-4-2-6-13(15)16(18)21/h1-10H,17H2,(H2,18,21). The van der Waals surface area contributed by atoms with E-state index in [4.69, 9.17) is 11.5 Å². The molecule has 21 heavy (non-hydrogen) atoms. The quantitative estimate of drug-likeness (QED) is 0.720. The van der Waals surface area contributed by atoms with Crippen molar-refractivity contribution in [3.63, 3.8) is 0 Å². The molecule has 5 nitrogen and oxygen atoms in total. The second-order valence-electron chi connectivity index (χ2n) is 4.64. The van der Waals surface area contributed by atoms with E-state index in [1.165, 1.54) is 0 Å². The number of hydrogen-bond acceptors (Lipinski definition) is 3. The Morgan fingerprint density at radius 3 is 2.52 bits per heavy atom. The zero-order valence-corrected chi connectivity index (χ0v) is 11.2. The number of carbonyl (C=O) groups excluding carboxylic acids is 1. The van der Waals surface area contributed by atoms with Crippen molar-refractivity contribution in [1.82, 2.24) is 9.78 Å². The van der Waals surface area contributed by atoms with Crippen LogP contribution in [0.3, 0.4) is 0 Å². The average molecular weight is 278 g/mol. The summed E-state index contributed by atoms with van der Waals surface area (Å²) in [5.74, 6) is -0.484. The average Bonchev–Trinajstić information content (AvgIpc) is 2.97. The van der Waals surface area contributed by atoms with Gasteiger partial charge in [0.05, 0.1) is 17.4 Å². The molecule has 4 N–H and O–H groups in total. The molecule has 1 amide bonds. The van der Waals surface area contributed by atoms with Gasteiger partial charge in [0.1, 0.15) is 0 Å². The van der Waals surface area contributed by atoms with Crippen LogP contribution in [0.15, 0.2) is 60.9 Å².